The summed E-state index contributed by atoms with van der Waals surface area (Å²) < 4.78 is 5.54. The van der Waals surface area contributed by atoms with Crippen molar-refractivity contribution in [2.24, 2.45) is 5.73 Å². The van der Waals surface area contributed by atoms with Gasteiger partial charge in [0.25, 0.3) is 0 Å². The SMILES string of the molecule is N=C(N)c1ccc(-c2ccc(OCCCCCC(=O)O)c(O)c2)cc1. The van der Waals surface area contributed by atoms with Gasteiger partial charge in [-0.1, -0.05) is 30.3 Å². The molecule has 0 amide bonds. The number of unbranched alkanes of at least 4 members (excludes halogenated alkanes) is 2. The number of nitrogens with one attached hydrogen (secondary N) is 1. The van der Waals surface area contributed by atoms with E-state index in [1.54, 1.807) is 24.3 Å². The van der Waals surface area contributed by atoms with E-state index < -0.39 is 5.97 Å². The molecule has 0 fully saturated rings. The van der Waals surface area contributed by atoms with Crippen LogP contribution in [0, 0.1) is 5.41 Å². The molecule has 0 aliphatic carbocycles. The number of carboxylic acids is 1. The van der Waals surface area contributed by atoms with Gasteiger partial charge in [-0.25, -0.2) is 0 Å². The Kier molecular flexibility index (Phi) is 6.39. The smallest absolute Gasteiger partial charge is 0.303 e. The predicted molar refractivity (Wildman–Crippen MR) is 96.2 cm³/mol. The Morgan fingerprint density at radius 2 is 1.72 bits per heavy atom. The Bertz CT molecular complexity index is 742. The monoisotopic (exact) mass is 342 g/mol. The average molecular weight is 342 g/mol. The van der Waals surface area contributed by atoms with Crippen LogP contribution in [0.1, 0.15) is 31.2 Å². The standard InChI is InChI=1S/C19H22N2O4/c20-19(21)14-7-5-13(6-8-14)15-9-10-17(16(22)12-15)25-11-3-1-2-4-18(23)24/h5-10,12,22H,1-4,11H2,(H3,20,21)(H,23,24). The number of carboxylic acid groups (broad SMARTS) is 1. The highest BCUT2D eigenvalue weighted by Crippen LogP contribution is 2.31. The van der Waals surface area contributed by atoms with Crippen molar-refractivity contribution >= 4 is 11.8 Å². The molecule has 132 valence electrons. The molecule has 2 rings (SSSR count). The third-order valence-electron chi connectivity index (χ3n) is 3.78. The van der Waals surface area contributed by atoms with E-state index in [1.165, 1.54) is 0 Å². The molecule has 0 heterocycles. The quantitative estimate of drug-likeness (QED) is 0.317. The van der Waals surface area contributed by atoms with Gasteiger partial charge in [0, 0.05) is 12.0 Å². The van der Waals surface area contributed by atoms with E-state index in [0.717, 1.165) is 24.0 Å². The second-order valence-electron chi connectivity index (χ2n) is 5.73. The minimum Gasteiger partial charge on any atom is -0.504 e. The highest BCUT2D eigenvalue weighted by molar-refractivity contribution is 5.95. The van der Waals surface area contributed by atoms with E-state index in [-0.39, 0.29) is 18.0 Å². The number of hydrogen-bond donors (Lipinski definition) is 4. The molecule has 0 spiro atoms. The number of aromatic hydroxyl groups is 1. The Labute approximate surface area is 146 Å². The number of ether oxygens (including phenoxy) is 1. The summed E-state index contributed by atoms with van der Waals surface area (Å²) in [6.45, 7) is 0.430. The number of aliphatic carboxylic acids is 1. The van der Waals surface area contributed by atoms with Crippen LogP contribution in [0.4, 0.5) is 0 Å². The highest BCUT2D eigenvalue weighted by atomic mass is 16.5. The lowest BCUT2D eigenvalue weighted by molar-refractivity contribution is -0.137. The third kappa shape index (κ3) is 5.53. The number of hydrogen-bond acceptors (Lipinski definition) is 4. The van der Waals surface area contributed by atoms with Gasteiger partial charge >= 0.3 is 5.97 Å². The van der Waals surface area contributed by atoms with Gasteiger partial charge in [-0.3, -0.25) is 10.2 Å². The van der Waals surface area contributed by atoms with Gasteiger partial charge in [-0.15, -0.1) is 0 Å². The molecule has 0 saturated heterocycles. The Balaban J connectivity index is 1.91. The fourth-order valence-corrected chi connectivity index (χ4v) is 2.40. The van der Waals surface area contributed by atoms with Crippen LogP contribution >= 0.6 is 0 Å². The maximum Gasteiger partial charge on any atom is 0.303 e. The van der Waals surface area contributed by atoms with E-state index in [2.05, 4.69) is 0 Å². The normalized spacial score (nSPS) is 10.4. The van der Waals surface area contributed by atoms with Gasteiger partial charge in [-0.2, -0.15) is 0 Å². The van der Waals surface area contributed by atoms with Gasteiger partial charge < -0.3 is 20.7 Å². The number of carbonyl (C=O) groups is 1. The lowest BCUT2D eigenvalue weighted by Gasteiger charge is -2.10. The summed E-state index contributed by atoms with van der Waals surface area (Å²) in [6.07, 6.45) is 2.30. The first-order chi connectivity index (χ1) is 12.0. The zero-order valence-electron chi connectivity index (χ0n) is 13.9. The Hall–Kier alpha value is -3.02. The van der Waals surface area contributed by atoms with Crippen molar-refractivity contribution in [1.82, 2.24) is 0 Å². The molecule has 0 saturated carbocycles. The molecule has 0 aliphatic heterocycles. The van der Waals surface area contributed by atoms with Crippen molar-refractivity contribution in [3.63, 3.8) is 0 Å². The van der Waals surface area contributed by atoms with Gasteiger partial charge in [0.05, 0.1) is 6.61 Å². The van der Waals surface area contributed by atoms with Crippen LogP contribution in [0.15, 0.2) is 42.5 Å². The van der Waals surface area contributed by atoms with Gasteiger partial charge in [0.15, 0.2) is 11.5 Å². The van der Waals surface area contributed by atoms with Crippen molar-refractivity contribution in [2.75, 3.05) is 6.61 Å². The Morgan fingerprint density at radius 1 is 1.04 bits per heavy atom. The largest absolute Gasteiger partial charge is 0.504 e. The number of benzene rings is 2. The first-order valence-electron chi connectivity index (χ1n) is 8.10. The molecule has 0 radical (unpaired) electrons. The molecule has 6 nitrogen and oxygen atoms in total. The summed E-state index contributed by atoms with van der Waals surface area (Å²) in [5.74, 6) is -0.312. The van der Waals surface area contributed by atoms with Gasteiger partial charge in [0.1, 0.15) is 5.84 Å². The van der Waals surface area contributed by atoms with Crippen LogP contribution < -0.4 is 10.5 Å². The van der Waals surface area contributed by atoms with E-state index in [1.807, 2.05) is 18.2 Å². The lowest BCUT2D eigenvalue weighted by Crippen LogP contribution is -2.10. The van der Waals surface area contributed by atoms with Gasteiger partial charge in [-0.05, 0) is 42.5 Å². The molecule has 0 aliphatic rings. The number of phenols is 1. The van der Waals surface area contributed by atoms with Crippen LogP contribution in [-0.4, -0.2) is 28.6 Å². The third-order valence-corrected chi connectivity index (χ3v) is 3.78. The first-order valence-corrected chi connectivity index (χ1v) is 8.10. The number of nitrogen functional groups attached to an aromatic ring is 1. The lowest BCUT2D eigenvalue weighted by atomic mass is 10.0. The molecule has 2 aromatic carbocycles. The van der Waals surface area contributed by atoms with Crippen LogP contribution in [-0.2, 0) is 4.79 Å². The first kappa shape index (κ1) is 18.3. The summed E-state index contributed by atoms with van der Waals surface area (Å²) in [6, 6.07) is 12.4. The fraction of sp³-hybridized carbons (Fsp3) is 0.263. The van der Waals surface area contributed by atoms with Crippen LogP contribution in [0.25, 0.3) is 11.1 Å². The number of amidine groups is 1. The molecule has 0 atom stereocenters. The van der Waals surface area contributed by atoms with E-state index in [4.69, 9.17) is 21.0 Å². The molecule has 5 N–H and O–H groups in total. The Morgan fingerprint density at radius 3 is 2.32 bits per heavy atom. The summed E-state index contributed by atoms with van der Waals surface area (Å²) >= 11 is 0. The van der Waals surface area contributed by atoms with E-state index in [9.17, 15) is 9.90 Å². The van der Waals surface area contributed by atoms with Crippen molar-refractivity contribution < 1.29 is 19.7 Å². The molecule has 0 unspecified atom stereocenters. The van der Waals surface area contributed by atoms with Crippen molar-refractivity contribution in [2.45, 2.75) is 25.7 Å². The topological polar surface area (TPSA) is 117 Å². The van der Waals surface area contributed by atoms with Crippen LogP contribution in [0.5, 0.6) is 11.5 Å². The van der Waals surface area contributed by atoms with E-state index >= 15 is 0 Å². The summed E-state index contributed by atoms with van der Waals surface area (Å²) in [5, 5.41) is 26.1. The zero-order chi connectivity index (χ0) is 18.2. The van der Waals surface area contributed by atoms with Crippen molar-refractivity contribution in [3.8, 4) is 22.6 Å². The molecule has 2 aromatic rings. The van der Waals surface area contributed by atoms with E-state index in [0.29, 0.717) is 24.3 Å². The zero-order valence-corrected chi connectivity index (χ0v) is 13.9. The minimum absolute atomic E-state index is 0.0153. The van der Waals surface area contributed by atoms with Gasteiger partial charge in [0.2, 0.25) is 0 Å². The highest BCUT2D eigenvalue weighted by Gasteiger charge is 2.06. The van der Waals surface area contributed by atoms with Crippen LogP contribution in [0.2, 0.25) is 0 Å². The predicted octanol–water partition coefficient (Wildman–Crippen LogP) is 3.37. The molecule has 6 heteroatoms. The van der Waals surface area contributed by atoms with Crippen molar-refractivity contribution in [3.05, 3.63) is 48.0 Å². The maximum atomic E-state index is 10.4. The number of rotatable bonds is 9. The van der Waals surface area contributed by atoms with Crippen molar-refractivity contribution in [1.29, 1.82) is 5.41 Å². The molecule has 0 aromatic heterocycles. The molecular weight excluding hydrogens is 320 g/mol. The average Bonchev–Trinajstić information content (AvgIpc) is 2.59. The number of phenolic OH excluding ortho intramolecular Hbond substituents is 1. The number of nitrogens with two attached hydrogens (primary N) is 1. The molecular formula is C19H22N2O4. The molecule has 0 bridgehead atoms. The summed E-state index contributed by atoms with van der Waals surface area (Å²) in [5.41, 5.74) is 7.82. The fourth-order valence-electron chi connectivity index (χ4n) is 2.40. The van der Waals surface area contributed by atoms with Crippen LogP contribution in [0.3, 0.4) is 0 Å². The summed E-state index contributed by atoms with van der Waals surface area (Å²) in [4.78, 5) is 10.4. The second-order valence-corrected chi connectivity index (χ2v) is 5.73. The second kappa shape index (κ2) is 8.73. The molecule has 25 heavy (non-hydrogen) atoms. The minimum atomic E-state index is -0.787. The summed E-state index contributed by atoms with van der Waals surface area (Å²) in [7, 11) is 0. The maximum absolute atomic E-state index is 10.4.